The van der Waals surface area contributed by atoms with E-state index in [1.807, 2.05) is 6.07 Å². The van der Waals surface area contributed by atoms with Crippen LogP contribution in [0.4, 0.5) is 11.4 Å². The normalized spacial score (nSPS) is 18.9. The number of imide groups is 1. The predicted molar refractivity (Wildman–Crippen MR) is 70.1 cm³/mol. The van der Waals surface area contributed by atoms with E-state index in [9.17, 15) is 9.59 Å². The van der Waals surface area contributed by atoms with Gasteiger partial charge in [0.2, 0.25) is 11.8 Å². The van der Waals surface area contributed by atoms with E-state index in [2.05, 4.69) is 5.32 Å². The van der Waals surface area contributed by atoms with E-state index in [1.165, 1.54) is 0 Å². The third-order valence-electron chi connectivity index (χ3n) is 3.15. The van der Waals surface area contributed by atoms with Gasteiger partial charge in [-0.05, 0) is 30.7 Å². The van der Waals surface area contributed by atoms with Crippen molar-refractivity contribution in [2.24, 2.45) is 0 Å². The highest BCUT2D eigenvalue weighted by molar-refractivity contribution is 6.04. The molecule has 1 aliphatic rings. The Bertz CT molecular complexity index is 576. The summed E-state index contributed by atoms with van der Waals surface area (Å²) in [6, 6.07) is 6.79. The van der Waals surface area contributed by atoms with Gasteiger partial charge in [0.1, 0.15) is 6.04 Å². The molecule has 1 aliphatic heterocycles. The summed E-state index contributed by atoms with van der Waals surface area (Å²) in [4.78, 5) is 24.7. The van der Waals surface area contributed by atoms with E-state index in [0.29, 0.717) is 11.3 Å². The largest absolute Gasteiger partial charge is 0.398 e. The van der Waals surface area contributed by atoms with Gasteiger partial charge in [-0.2, -0.15) is 5.26 Å². The molecule has 2 amide bonds. The standard InChI is InChI=1S/C13H14N4O2/c1-8-13(19)16-12(18)7-17(8)10-2-3-11(15)9(6-10)4-5-14/h2-3,6,8H,4,7,15H2,1H3,(H,16,18,19). The first kappa shape index (κ1) is 12.9. The number of carbonyl (C=O) groups is 2. The van der Waals surface area contributed by atoms with E-state index in [1.54, 1.807) is 30.0 Å². The molecule has 1 unspecified atom stereocenters. The minimum Gasteiger partial charge on any atom is -0.398 e. The van der Waals surface area contributed by atoms with Crippen molar-refractivity contribution in [3.05, 3.63) is 23.8 Å². The Morgan fingerprint density at radius 1 is 1.53 bits per heavy atom. The van der Waals surface area contributed by atoms with Crippen molar-refractivity contribution in [2.45, 2.75) is 19.4 Å². The van der Waals surface area contributed by atoms with Crippen LogP contribution in [-0.2, 0) is 16.0 Å². The molecule has 1 saturated heterocycles. The summed E-state index contributed by atoms with van der Waals surface area (Å²) in [7, 11) is 0. The van der Waals surface area contributed by atoms with Crippen LogP contribution in [0.3, 0.4) is 0 Å². The SMILES string of the molecule is CC1C(=O)NC(=O)CN1c1ccc(N)c(CC#N)c1. The van der Waals surface area contributed by atoms with Crippen LogP contribution in [0, 0.1) is 11.3 Å². The van der Waals surface area contributed by atoms with Crippen LogP contribution in [0.2, 0.25) is 0 Å². The molecule has 19 heavy (non-hydrogen) atoms. The fourth-order valence-electron chi connectivity index (χ4n) is 2.04. The zero-order valence-corrected chi connectivity index (χ0v) is 10.5. The van der Waals surface area contributed by atoms with Crippen molar-refractivity contribution >= 4 is 23.2 Å². The number of carbonyl (C=O) groups excluding carboxylic acids is 2. The molecular weight excluding hydrogens is 244 g/mol. The number of amides is 2. The molecule has 0 spiro atoms. The monoisotopic (exact) mass is 258 g/mol. The molecule has 1 aromatic carbocycles. The first-order valence-electron chi connectivity index (χ1n) is 5.88. The van der Waals surface area contributed by atoms with Crippen LogP contribution in [0.15, 0.2) is 18.2 Å². The highest BCUT2D eigenvalue weighted by Gasteiger charge is 2.30. The average molecular weight is 258 g/mol. The summed E-state index contributed by atoms with van der Waals surface area (Å²) in [5, 5.41) is 11.0. The number of benzene rings is 1. The van der Waals surface area contributed by atoms with Crippen molar-refractivity contribution < 1.29 is 9.59 Å². The summed E-state index contributed by atoms with van der Waals surface area (Å²) in [5.74, 6) is -0.656. The minimum atomic E-state index is -0.434. The highest BCUT2D eigenvalue weighted by Crippen LogP contribution is 2.24. The number of hydrogen-bond acceptors (Lipinski definition) is 5. The van der Waals surface area contributed by atoms with Crippen LogP contribution >= 0.6 is 0 Å². The first-order valence-corrected chi connectivity index (χ1v) is 5.88. The Balaban J connectivity index is 2.35. The number of nitrogens with one attached hydrogen (secondary N) is 1. The fraction of sp³-hybridized carbons (Fsp3) is 0.308. The first-order chi connectivity index (χ1) is 9.02. The van der Waals surface area contributed by atoms with Gasteiger partial charge in [0.05, 0.1) is 19.0 Å². The topological polar surface area (TPSA) is 99.2 Å². The number of hydrogen-bond donors (Lipinski definition) is 2. The van der Waals surface area contributed by atoms with E-state index in [4.69, 9.17) is 11.0 Å². The molecule has 0 saturated carbocycles. The molecule has 1 fully saturated rings. The number of piperazine rings is 1. The Morgan fingerprint density at radius 3 is 2.95 bits per heavy atom. The maximum absolute atomic E-state index is 11.6. The van der Waals surface area contributed by atoms with Gasteiger partial charge in [-0.15, -0.1) is 0 Å². The Morgan fingerprint density at radius 2 is 2.26 bits per heavy atom. The van der Waals surface area contributed by atoms with Gasteiger partial charge in [0.25, 0.3) is 0 Å². The van der Waals surface area contributed by atoms with Crippen molar-refractivity contribution in [3.63, 3.8) is 0 Å². The van der Waals surface area contributed by atoms with E-state index < -0.39 is 6.04 Å². The molecule has 0 radical (unpaired) electrons. The van der Waals surface area contributed by atoms with Crippen LogP contribution in [0.25, 0.3) is 0 Å². The summed E-state index contributed by atoms with van der Waals surface area (Å²) >= 11 is 0. The zero-order valence-electron chi connectivity index (χ0n) is 10.5. The summed E-state index contributed by atoms with van der Waals surface area (Å²) < 4.78 is 0. The highest BCUT2D eigenvalue weighted by atomic mass is 16.2. The molecule has 98 valence electrons. The lowest BCUT2D eigenvalue weighted by Crippen LogP contribution is -2.57. The van der Waals surface area contributed by atoms with E-state index >= 15 is 0 Å². The maximum atomic E-state index is 11.6. The van der Waals surface area contributed by atoms with E-state index in [-0.39, 0.29) is 24.8 Å². The molecule has 3 N–H and O–H groups in total. The van der Waals surface area contributed by atoms with Gasteiger partial charge in [0.15, 0.2) is 0 Å². The number of nitrogens with two attached hydrogens (primary N) is 1. The minimum absolute atomic E-state index is 0.114. The lowest BCUT2D eigenvalue weighted by atomic mass is 10.1. The molecule has 2 rings (SSSR count). The molecule has 0 aliphatic carbocycles. The second-order valence-electron chi connectivity index (χ2n) is 4.43. The summed E-state index contributed by atoms with van der Waals surface area (Å²) in [6.07, 6.45) is 0.196. The number of nitriles is 1. The zero-order chi connectivity index (χ0) is 14.0. The summed E-state index contributed by atoms with van der Waals surface area (Å²) in [5.41, 5.74) is 7.73. The maximum Gasteiger partial charge on any atom is 0.249 e. The van der Waals surface area contributed by atoms with Crippen molar-refractivity contribution in [2.75, 3.05) is 17.2 Å². The number of rotatable bonds is 2. The lowest BCUT2D eigenvalue weighted by molar-refractivity contribution is -0.132. The second-order valence-corrected chi connectivity index (χ2v) is 4.43. The average Bonchev–Trinajstić information content (AvgIpc) is 2.37. The van der Waals surface area contributed by atoms with Gasteiger partial charge in [-0.3, -0.25) is 14.9 Å². The summed E-state index contributed by atoms with van der Waals surface area (Å²) in [6.45, 7) is 1.84. The Kier molecular flexibility index (Phi) is 3.38. The fourth-order valence-corrected chi connectivity index (χ4v) is 2.04. The number of anilines is 2. The third-order valence-corrected chi connectivity index (χ3v) is 3.15. The molecule has 0 bridgehead atoms. The van der Waals surface area contributed by atoms with Crippen LogP contribution in [0.5, 0.6) is 0 Å². The molecule has 1 heterocycles. The number of nitrogen functional groups attached to an aromatic ring is 1. The molecule has 0 aromatic heterocycles. The van der Waals surface area contributed by atoms with Gasteiger partial charge in [-0.1, -0.05) is 0 Å². The predicted octanol–water partition coefficient (Wildman–Crippen LogP) is 0.186. The quantitative estimate of drug-likeness (QED) is 0.582. The van der Waals surface area contributed by atoms with Gasteiger partial charge < -0.3 is 10.6 Å². The smallest absolute Gasteiger partial charge is 0.249 e. The third kappa shape index (κ3) is 2.50. The van der Waals surface area contributed by atoms with Crippen molar-refractivity contribution in [1.29, 1.82) is 5.26 Å². The molecular formula is C13H14N4O2. The van der Waals surface area contributed by atoms with Gasteiger partial charge in [-0.25, -0.2) is 0 Å². The Labute approximate surface area is 110 Å². The van der Waals surface area contributed by atoms with Crippen LogP contribution < -0.4 is 16.0 Å². The molecule has 6 nitrogen and oxygen atoms in total. The molecule has 1 aromatic rings. The van der Waals surface area contributed by atoms with Crippen LogP contribution in [-0.4, -0.2) is 24.4 Å². The number of nitrogens with zero attached hydrogens (tertiary/aromatic N) is 2. The van der Waals surface area contributed by atoms with Crippen molar-refractivity contribution in [1.82, 2.24) is 5.32 Å². The van der Waals surface area contributed by atoms with Gasteiger partial charge >= 0.3 is 0 Å². The second kappa shape index (κ2) is 4.98. The van der Waals surface area contributed by atoms with E-state index in [0.717, 1.165) is 5.69 Å². The molecule has 1 atom stereocenters. The Hall–Kier alpha value is -2.55. The lowest BCUT2D eigenvalue weighted by Gasteiger charge is -2.33. The van der Waals surface area contributed by atoms with Crippen molar-refractivity contribution in [3.8, 4) is 6.07 Å². The van der Waals surface area contributed by atoms with Gasteiger partial charge in [0, 0.05) is 11.4 Å². The molecule has 6 heteroatoms. The van der Waals surface area contributed by atoms with Crippen LogP contribution in [0.1, 0.15) is 12.5 Å².